The second-order valence-corrected chi connectivity index (χ2v) is 3.42. The number of nitrogens with zero attached hydrogens (tertiary/aromatic N) is 1. The number of hydrogen-bond acceptors (Lipinski definition) is 3. The fraction of sp³-hybridized carbons (Fsp3) is 0.222. The molecule has 6 heteroatoms. The Kier molecular flexibility index (Phi) is 3.68. The number of halogens is 1. The molecular weight excluding hydrogens is 217 g/mol. The van der Waals surface area contributed by atoms with Gasteiger partial charge in [0.05, 0.1) is 22.8 Å². The van der Waals surface area contributed by atoms with Crippen molar-refractivity contribution < 1.29 is 9.18 Å². The smallest absolute Gasteiger partial charge is 0.254 e. The molecule has 0 spiro atoms. The van der Waals surface area contributed by atoms with E-state index in [0.29, 0.717) is 0 Å². The molecule has 0 aliphatic carbocycles. The Labute approximate surface area is 91.7 Å². The van der Waals surface area contributed by atoms with Crippen LogP contribution in [0, 0.1) is 5.82 Å². The lowest BCUT2D eigenvalue weighted by Gasteiger charge is -2.11. The Morgan fingerprint density at radius 1 is 1.73 bits per heavy atom. The van der Waals surface area contributed by atoms with Crippen molar-refractivity contribution in [2.45, 2.75) is 13.0 Å². The molecular formula is C9H10FN3OS. The zero-order valence-electron chi connectivity index (χ0n) is 8.03. The van der Waals surface area contributed by atoms with E-state index >= 15 is 0 Å². The van der Waals surface area contributed by atoms with Crippen molar-refractivity contribution >= 4 is 23.1 Å². The number of carbonyl (C=O) groups excluding carboxylic acids is 1. The van der Waals surface area contributed by atoms with E-state index in [4.69, 9.17) is 5.73 Å². The highest BCUT2D eigenvalue weighted by molar-refractivity contribution is 7.80. The molecule has 4 nitrogen and oxygen atoms in total. The van der Waals surface area contributed by atoms with Gasteiger partial charge in [0, 0.05) is 6.20 Å². The Balaban J connectivity index is 2.78. The summed E-state index contributed by atoms with van der Waals surface area (Å²) in [6.45, 7) is 1.62. The highest BCUT2D eigenvalue weighted by Crippen LogP contribution is 2.04. The van der Waals surface area contributed by atoms with Gasteiger partial charge in [-0.25, -0.2) is 4.39 Å². The predicted octanol–water partition coefficient (Wildman–Crippen LogP) is 0.625. The molecule has 15 heavy (non-hydrogen) atoms. The van der Waals surface area contributed by atoms with Gasteiger partial charge >= 0.3 is 0 Å². The number of rotatable bonds is 3. The molecule has 1 amide bonds. The Hall–Kier alpha value is -1.56. The molecule has 1 heterocycles. The molecule has 0 aromatic carbocycles. The van der Waals surface area contributed by atoms with Crippen LogP contribution in [0.3, 0.4) is 0 Å². The van der Waals surface area contributed by atoms with Gasteiger partial charge < -0.3 is 11.1 Å². The summed E-state index contributed by atoms with van der Waals surface area (Å²) in [5.41, 5.74) is 5.24. The van der Waals surface area contributed by atoms with Gasteiger partial charge in [0.1, 0.15) is 0 Å². The highest BCUT2D eigenvalue weighted by Gasteiger charge is 2.14. The van der Waals surface area contributed by atoms with E-state index in [1.807, 2.05) is 0 Å². The van der Waals surface area contributed by atoms with Crippen molar-refractivity contribution in [3.05, 3.63) is 29.8 Å². The maximum atomic E-state index is 13.1. The first-order valence-electron chi connectivity index (χ1n) is 4.22. The Morgan fingerprint density at radius 2 is 2.40 bits per heavy atom. The van der Waals surface area contributed by atoms with Crippen molar-refractivity contribution in [1.82, 2.24) is 10.3 Å². The van der Waals surface area contributed by atoms with Crippen LogP contribution in [-0.2, 0) is 0 Å². The van der Waals surface area contributed by atoms with Crippen LogP contribution in [0.1, 0.15) is 17.3 Å². The number of thiocarbonyl (C=S) groups is 1. The molecule has 1 aromatic rings. The van der Waals surface area contributed by atoms with Crippen LogP contribution in [0.5, 0.6) is 0 Å². The van der Waals surface area contributed by atoms with E-state index in [2.05, 4.69) is 22.5 Å². The van der Waals surface area contributed by atoms with Gasteiger partial charge in [-0.3, -0.25) is 9.78 Å². The van der Waals surface area contributed by atoms with E-state index in [-0.39, 0.29) is 10.6 Å². The second-order valence-electron chi connectivity index (χ2n) is 2.95. The van der Waals surface area contributed by atoms with E-state index in [1.165, 1.54) is 12.3 Å². The van der Waals surface area contributed by atoms with Gasteiger partial charge in [0.2, 0.25) is 0 Å². The molecule has 0 aliphatic heterocycles. The van der Waals surface area contributed by atoms with Crippen LogP contribution in [0.4, 0.5) is 4.39 Å². The summed E-state index contributed by atoms with van der Waals surface area (Å²) in [6, 6.07) is 0.816. The third-order valence-corrected chi connectivity index (χ3v) is 2.15. The molecule has 1 aromatic heterocycles. The normalized spacial score (nSPS) is 11.9. The van der Waals surface area contributed by atoms with Crippen LogP contribution in [0.25, 0.3) is 0 Å². The molecule has 0 saturated carbocycles. The minimum atomic E-state index is -0.676. The number of nitrogens with two attached hydrogens (primary N) is 1. The van der Waals surface area contributed by atoms with Gasteiger partial charge in [-0.1, -0.05) is 12.2 Å². The topological polar surface area (TPSA) is 68.0 Å². The van der Waals surface area contributed by atoms with E-state index in [1.54, 1.807) is 6.92 Å². The van der Waals surface area contributed by atoms with Crippen LogP contribution < -0.4 is 11.1 Å². The number of nitrogens with one attached hydrogen (secondary N) is 1. The number of pyridine rings is 1. The monoisotopic (exact) mass is 227 g/mol. The van der Waals surface area contributed by atoms with E-state index < -0.39 is 17.8 Å². The van der Waals surface area contributed by atoms with Gasteiger partial charge in [-0.2, -0.15) is 0 Å². The summed E-state index contributed by atoms with van der Waals surface area (Å²) >= 11 is 4.68. The van der Waals surface area contributed by atoms with E-state index in [0.717, 1.165) is 6.20 Å². The van der Waals surface area contributed by atoms with Crippen LogP contribution in [-0.4, -0.2) is 21.9 Å². The quantitative estimate of drug-likeness (QED) is 0.743. The first-order chi connectivity index (χ1) is 7.02. The minimum Gasteiger partial charge on any atom is -0.392 e. The SMILES string of the molecule is CC(NC(=O)c1ccncc1F)C(N)=S. The average Bonchev–Trinajstić information content (AvgIpc) is 2.18. The standard InChI is InChI=1S/C9H10FN3OS/c1-5(8(11)15)13-9(14)6-2-3-12-4-7(6)10/h2-5H,1H3,(H2,11,15)(H,13,14). The predicted molar refractivity (Wildman–Crippen MR) is 57.9 cm³/mol. The van der Waals surface area contributed by atoms with Gasteiger partial charge in [0.25, 0.3) is 5.91 Å². The van der Waals surface area contributed by atoms with Crippen LogP contribution in [0.15, 0.2) is 18.5 Å². The second kappa shape index (κ2) is 4.79. The molecule has 80 valence electrons. The molecule has 0 radical (unpaired) electrons. The fourth-order valence-corrected chi connectivity index (χ4v) is 0.964. The average molecular weight is 227 g/mol. The zero-order valence-corrected chi connectivity index (χ0v) is 8.84. The third kappa shape index (κ3) is 2.95. The molecule has 0 aliphatic rings. The van der Waals surface area contributed by atoms with Crippen molar-refractivity contribution in [3.63, 3.8) is 0 Å². The van der Waals surface area contributed by atoms with Crippen molar-refractivity contribution in [2.75, 3.05) is 0 Å². The van der Waals surface area contributed by atoms with Crippen LogP contribution >= 0.6 is 12.2 Å². The maximum Gasteiger partial charge on any atom is 0.254 e. The minimum absolute atomic E-state index is 0.0758. The lowest BCUT2D eigenvalue weighted by Crippen LogP contribution is -2.41. The third-order valence-electron chi connectivity index (χ3n) is 1.79. The lowest BCUT2D eigenvalue weighted by atomic mass is 10.2. The summed E-state index contributed by atoms with van der Waals surface area (Å²) in [6.07, 6.45) is 2.31. The molecule has 3 N–H and O–H groups in total. The molecule has 0 fully saturated rings. The molecule has 1 rings (SSSR count). The molecule has 1 atom stereocenters. The molecule has 0 bridgehead atoms. The van der Waals surface area contributed by atoms with Gasteiger partial charge in [-0.05, 0) is 13.0 Å². The van der Waals surface area contributed by atoms with Gasteiger partial charge in [-0.15, -0.1) is 0 Å². The number of hydrogen-bond donors (Lipinski definition) is 2. The number of amides is 1. The fourth-order valence-electron chi connectivity index (χ4n) is 0.905. The summed E-state index contributed by atoms with van der Waals surface area (Å²) < 4.78 is 13.1. The Bertz CT molecular complexity index is 397. The zero-order chi connectivity index (χ0) is 11.4. The first-order valence-corrected chi connectivity index (χ1v) is 4.63. The largest absolute Gasteiger partial charge is 0.392 e. The maximum absolute atomic E-state index is 13.1. The summed E-state index contributed by atoms with van der Waals surface area (Å²) in [5.74, 6) is -1.24. The summed E-state index contributed by atoms with van der Waals surface area (Å²) in [7, 11) is 0. The number of aromatic nitrogens is 1. The van der Waals surface area contributed by atoms with Crippen molar-refractivity contribution in [3.8, 4) is 0 Å². The first kappa shape index (κ1) is 11.5. The van der Waals surface area contributed by atoms with Crippen molar-refractivity contribution in [2.24, 2.45) is 5.73 Å². The van der Waals surface area contributed by atoms with Gasteiger partial charge in [0.15, 0.2) is 5.82 Å². The Morgan fingerprint density at radius 3 is 2.93 bits per heavy atom. The lowest BCUT2D eigenvalue weighted by molar-refractivity contribution is 0.0945. The molecule has 0 saturated heterocycles. The number of carbonyl (C=O) groups is 1. The highest BCUT2D eigenvalue weighted by atomic mass is 32.1. The van der Waals surface area contributed by atoms with E-state index in [9.17, 15) is 9.18 Å². The molecule has 1 unspecified atom stereocenters. The van der Waals surface area contributed by atoms with Crippen LogP contribution in [0.2, 0.25) is 0 Å². The summed E-state index contributed by atoms with van der Waals surface area (Å²) in [5, 5.41) is 2.46. The van der Waals surface area contributed by atoms with Crippen molar-refractivity contribution in [1.29, 1.82) is 0 Å². The summed E-state index contributed by atoms with van der Waals surface area (Å²) in [4.78, 5) is 15.2.